The van der Waals surface area contributed by atoms with E-state index in [1.54, 1.807) is 0 Å². The average molecular weight is 412 g/mol. The molecule has 3 heterocycles. The van der Waals surface area contributed by atoms with Crippen LogP contribution in [0.3, 0.4) is 0 Å². The maximum absolute atomic E-state index is 5.24. The summed E-state index contributed by atoms with van der Waals surface area (Å²) in [6, 6.07) is 28.1. The SMILES string of the molecule is C1=CC(c2nc(-n3c4ccccc4c4c5ccccc5ccc43)n3ccccc23)=CCC1. The highest BCUT2D eigenvalue weighted by molar-refractivity contribution is 6.21. The minimum absolute atomic E-state index is 0.928. The second-order valence-corrected chi connectivity index (χ2v) is 8.39. The summed E-state index contributed by atoms with van der Waals surface area (Å²) in [6.45, 7) is 0. The zero-order chi connectivity index (χ0) is 21.1. The van der Waals surface area contributed by atoms with Gasteiger partial charge in [-0.1, -0.05) is 72.8 Å². The molecule has 0 radical (unpaired) electrons. The molecule has 0 saturated heterocycles. The topological polar surface area (TPSA) is 22.2 Å². The Hall–Kier alpha value is -4.11. The van der Waals surface area contributed by atoms with Gasteiger partial charge in [-0.05, 0) is 53.5 Å². The molecule has 0 spiro atoms. The lowest BCUT2D eigenvalue weighted by atomic mass is 10.0. The lowest BCUT2D eigenvalue weighted by Crippen LogP contribution is -2.00. The van der Waals surface area contributed by atoms with Crippen LogP contribution in [0, 0.1) is 0 Å². The van der Waals surface area contributed by atoms with Crippen molar-refractivity contribution in [2.24, 2.45) is 0 Å². The number of hydrogen-bond donors (Lipinski definition) is 0. The first-order valence-electron chi connectivity index (χ1n) is 11.2. The summed E-state index contributed by atoms with van der Waals surface area (Å²) in [5, 5.41) is 5.07. The van der Waals surface area contributed by atoms with Gasteiger partial charge in [0.05, 0.1) is 22.2 Å². The van der Waals surface area contributed by atoms with E-state index in [4.69, 9.17) is 4.98 Å². The summed E-state index contributed by atoms with van der Waals surface area (Å²) in [5.41, 5.74) is 5.74. The molecular formula is C29H21N3. The number of rotatable bonds is 2. The van der Waals surface area contributed by atoms with Gasteiger partial charge in [0.2, 0.25) is 5.95 Å². The monoisotopic (exact) mass is 411 g/mol. The fourth-order valence-electron chi connectivity index (χ4n) is 5.14. The minimum Gasteiger partial charge on any atom is -0.285 e. The minimum atomic E-state index is 0.928. The normalized spacial score (nSPS) is 14.1. The molecule has 0 amide bonds. The molecule has 0 saturated carbocycles. The fourth-order valence-corrected chi connectivity index (χ4v) is 5.14. The first-order chi connectivity index (χ1) is 15.9. The van der Waals surface area contributed by atoms with E-state index < -0.39 is 0 Å². The largest absolute Gasteiger partial charge is 0.285 e. The van der Waals surface area contributed by atoms with Crippen molar-refractivity contribution >= 4 is 43.7 Å². The zero-order valence-electron chi connectivity index (χ0n) is 17.6. The van der Waals surface area contributed by atoms with E-state index in [1.807, 2.05) is 0 Å². The lowest BCUT2D eigenvalue weighted by Gasteiger charge is -2.07. The Morgan fingerprint density at radius 1 is 0.688 bits per heavy atom. The standard InChI is InChI=1S/C29H21N3/c1-2-11-21(12-3-1)28-26-16-8-9-19-31(26)29(30-28)32-24-15-7-6-14-23(24)27-22-13-5-4-10-20(22)17-18-25(27)32/h2,4-19H,1,3H2. The van der Waals surface area contributed by atoms with E-state index in [-0.39, 0.29) is 0 Å². The molecule has 0 bridgehead atoms. The smallest absolute Gasteiger partial charge is 0.220 e. The van der Waals surface area contributed by atoms with Gasteiger partial charge < -0.3 is 0 Å². The van der Waals surface area contributed by atoms with Gasteiger partial charge in [0.15, 0.2) is 0 Å². The number of aromatic nitrogens is 3. The fraction of sp³-hybridized carbons (Fsp3) is 0.0690. The number of fused-ring (bicyclic) bond motifs is 6. The summed E-state index contributed by atoms with van der Waals surface area (Å²) in [5.74, 6) is 0.928. The molecular weight excluding hydrogens is 390 g/mol. The Bertz CT molecular complexity index is 1730. The molecule has 32 heavy (non-hydrogen) atoms. The van der Waals surface area contributed by atoms with Crippen molar-refractivity contribution in [3.63, 3.8) is 0 Å². The first kappa shape index (κ1) is 17.6. The van der Waals surface area contributed by atoms with E-state index in [0.29, 0.717) is 0 Å². The molecule has 0 aliphatic heterocycles. The zero-order valence-corrected chi connectivity index (χ0v) is 17.6. The second kappa shape index (κ2) is 6.69. The van der Waals surface area contributed by atoms with Gasteiger partial charge in [-0.25, -0.2) is 4.98 Å². The number of pyridine rings is 1. The van der Waals surface area contributed by atoms with Gasteiger partial charge in [-0.2, -0.15) is 0 Å². The van der Waals surface area contributed by atoms with Crippen LogP contribution in [0.4, 0.5) is 0 Å². The summed E-state index contributed by atoms with van der Waals surface area (Å²) < 4.78 is 4.54. The van der Waals surface area contributed by atoms with Crippen molar-refractivity contribution in [3.8, 4) is 5.95 Å². The van der Waals surface area contributed by atoms with E-state index in [1.165, 1.54) is 38.2 Å². The molecule has 1 aliphatic rings. The van der Waals surface area contributed by atoms with Crippen LogP contribution in [0.15, 0.2) is 103 Å². The highest BCUT2D eigenvalue weighted by Gasteiger charge is 2.20. The van der Waals surface area contributed by atoms with Gasteiger partial charge in [0.1, 0.15) is 0 Å². The number of nitrogens with zero attached hydrogens (tertiary/aromatic N) is 3. The third-order valence-corrected chi connectivity index (χ3v) is 6.56. The highest BCUT2D eigenvalue weighted by Crippen LogP contribution is 2.37. The number of para-hydroxylation sites is 1. The van der Waals surface area contributed by atoms with Crippen LogP contribution in [0.25, 0.3) is 49.6 Å². The first-order valence-corrected chi connectivity index (χ1v) is 11.2. The Morgan fingerprint density at radius 2 is 1.50 bits per heavy atom. The Labute approximate surface area is 185 Å². The number of imidazole rings is 1. The van der Waals surface area contributed by atoms with E-state index in [9.17, 15) is 0 Å². The predicted molar refractivity (Wildman–Crippen MR) is 133 cm³/mol. The van der Waals surface area contributed by atoms with Crippen molar-refractivity contribution in [1.82, 2.24) is 14.0 Å². The van der Waals surface area contributed by atoms with Crippen LogP contribution >= 0.6 is 0 Å². The van der Waals surface area contributed by atoms with Gasteiger partial charge in [0.25, 0.3) is 0 Å². The van der Waals surface area contributed by atoms with Gasteiger partial charge in [-0.15, -0.1) is 0 Å². The second-order valence-electron chi connectivity index (χ2n) is 8.39. The van der Waals surface area contributed by atoms with E-state index in [0.717, 1.165) is 30.0 Å². The summed E-state index contributed by atoms with van der Waals surface area (Å²) in [7, 11) is 0. The van der Waals surface area contributed by atoms with Gasteiger partial charge in [-0.3, -0.25) is 8.97 Å². The van der Waals surface area contributed by atoms with Crippen molar-refractivity contribution in [2.75, 3.05) is 0 Å². The van der Waals surface area contributed by atoms with Crippen molar-refractivity contribution in [2.45, 2.75) is 12.8 Å². The lowest BCUT2D eigenvalue weighted by molar-refractivity contribution is 0.980. The van der Waals surface area contributed by atoms with Gasteiger partial charge >= 0.3 is 0 Å². The molecule has 0 atom stereocenters. The molecule has 3 aromatic heterocycles. The molecule has 3 heteroatoms. The average Bonchev–Trinajstić information content (AvgIpc) is 3.40. The van der Waals surface area contributed by atoms with E-state index in [2.05, 4.69) is 112 Å². The maximum Gasteiger partial charge on any atom is 0.220 e. The summed E-state index contributed by atoms with van der Waals surface area (Å²) in [6.07, 6.45) is 11.0. The summed E-state index contributed by atoms with van der Waals surface area (Å²) in [4.78, 5) is 5.24. The molecule has 1 aliphatic carbocycles. The van der Waals surface area contributed by atoms with Crippen LogP contribution in [0.2, 0.25) is 0 Å². The van der Waals surface area contributed by atoms with Crippen molar-refractivity contribution in [1.29, 1.82) is 0 Å². The molecule has 0 unspecified atom stereocenters. The Balaban J connectivity index is 1.64. The molecule has 3 aromatic carbocycles. The third-order valence-electron chi connectivity index (χ3n) is 6.56. The maximum atomic E-state index is 5.24. The van der Waals surface area contributed by atoms with Crippen molar-refractivity contribution < 1.29 is 0 Å². The molecule has 3 nitrogen and oxygen atoms in total. The van der Waals surface area contributed by atoms with Gasteiger partial charge in [0, 0.05) is 17.0 Å². The van der Waals surface area contributed by atoms with Crippen LogP contribution in [-0.2, 0) is 0 Å². The number of benzene rings is 3. The number of hydrogen-bond acceptors (Lipinski definition) is 1. The van der Waals surface area contributed by atoms with Crippen LogP contribution in [-0.4, -0.2) is 14.0 Å². The molecule has 6 aromatic rings. The highest BCUT2D eigenvalue weighted by atomic mass is 15.2. The molecule has 0 fully saturated rings. The Morgan fingerprint density at radius 3 is 2.41 bits per heavy atom. The quantitative estimate of drug-likeness (QED) is 0.293. The molecule has 152 valence electrons. The van der Waals surface area contributed by atoms with Crippen LogP contribution < -0.4 is 0 Å². The number of allylic oxidation sites excluding steroid dienone is 4. The third kappa shape index (κ3) is 2.39. The molecule has 0 N–H and O–H groups in total. The van der Waals surface area contributed by atoms with E-state index >= 15 is 0 Å². The molecule has 7 rings (SSSR count). The van der Waals surface area contributed by atoms with Crippen LogP contribution in [0.1, 0.15) is 18.5 Å². The predicted octanol–water partition coefficient (Wildman–Crippen LogP) is 7.32. The van der Waals surface area contributed by atoms with Crippen LogP contribution in [0.5, 0.6) is 0 Å². The van der Waals surface area contributed by atoms with Crippen molar-refractivity contribution in [3.05, 3.63) is 109 Å². The summed E-state index contributed by atoms with van der Waals surface area (Å²) >= 11 is 0. The Kier molecular flexibility index (Phi) is 3.67.